The first kappa shape index (κ1) is 8.55. The van der Waals surface area contributed by atoms with Gasteiger partial charge in [-0.05, 0) is 18.2 Å². The zero-order chi connectivity index (χ0) is 10.1. The Labute approximate surface area is 79.2 Å². The number of halogens is 1. The number of hydrogen-bond donors (Lipinski definition) is 3. The van der Waals surface area contributed by atoms with Gasteiger partial charge < -0.3 is 10.8 Å². The predicted molar refractivity (Wildman–Crippen MR) is 50.1 cm³/mol. The van der Waals surface area contributed by atoms with Crippen LogP contribution in [-0.2, 0) is 0 Å². The van der Waals surface area contributed by atoms with E-state index in [1.807, 2.05) is 0 Å². The van der Waals surface area contributed by atoms with Crippen LogP contribution >= 0.6 is 0 Å². The van der Waals surface area contributed by atoms with Gasteiger partial charge in [0.25, 0.3) is 0 Å². The maximum absolute atomic E-state index is 12.9. The summed E-state index contributed by atoms with van der Waals surface area (Å²) in [5.74, 6) is -0.163. The maximum atomic E-state index is 12.9. The Morgan fingerprint density at radius 2 is 2.14 bits per heavy atom. The standard InChI is InChI=1S/C9H8FN3O/c10-5-1-2-8(14)6(3-5)7-4-12-13-9(7)11/h1-4,14H,(H3,11,12,13). The van der Waals surface area contributed by atoms with Crippen LogP contribution in [0.1, 0.15) is 0 Å². The fourth-order valence-electron chi connectivity index (χ4n) is 1.23. The SMILES string of the molecule is Nc1[nH]ncc1-c1cc(F)ccc1O. The molecule has 0 saturated heterocycles. The highest BCUT2D eigenvalue weighted by Crippen LogP contribution is 2.32. The molecule has 0 spiro atoms. The number of aromatic amines is 1. The summed E-state index contributed by atoms with van der Waals surface area (Å²) in [6.45, 7) is 0. The van der Waals surface area contributed by atoms with Gasteiger partial charge in [0, 0.05) is 11.1 Å². The van der Waals surface area contributed by atoms with Gasteiger partial charge in [-0.25, -0.2) is 4.39 Å². The molecule has 1 aromatic carbocycles. The zero-order valence-electron chi connectivity index (χ0n) is 7.16. The summed E-state index contributed by atoms with van der Waals surface area (Å²) in [7, 11) is 0. The number of phenols is 1. The van der Waals surface area contributed by atoms with Gasteiger partial charge in [-0.2, -0.15) is 5.10 Å². The molecule has 0 aliphatic carbocycles. The van der Waals surface area contributed by atoms with Crippen molar-refractivity contribution in [3.8, 4) is 16.9 Å². The zero-order valence-corrected chi connectivity index (χ0v) is 7.16. The van der Waals surface area contributed by atoms with Gasteiger partial charge in [-0.1, -0.05) is 0 Å². The van der Waals surface area contributed by atoms with Gasteiger partial charge in [0.15, 0.2) is 0 Å². The van der Waals surface area contributed by atoms with E-state index in [2.05, 4.69) is 10.2 Å². The maximum Gasteiger partial charge on any atom is 0.126 e. The summed E-state index contributed by atoms with van der Waals surface area (Å²) < 4.78 is 12.9. The summed E-state index contributed by atoms with van der Waals surface area (Å²) in [6, 6.07) is 3.66. The third-order valence-corrected chi connectivity index (χ3v) is 1.92. The van der Waals surface area contributed by atoms with Crippen molar-refractivity contribution in [2.24, 2.45) is 0 Å². The van der Waals surface area contributed by atoms with Gasteiger partial charge in [0.05, 0.1) is 6.20 Å². The summed E-state index contributed by atoms with van der Waals surface area (Å²) >= 11 is 0. The third kappa shape index (κ3) is 1.28. The molecule has 0 radical (unpaired) electrons. The lowest BCUT2D eigenvalue weighted by atomic mass is 10.1. The molecule has 0 atom stereocenters. The highest BCUT2D eigenvalue weighted by molar-refractivity contribution is 5.77. The average molecular weight is 193 g/mol. The van der Waals surface area contributed by atoms with E-state index in [1.54, 1.807) is 0 Å². The van der Waals surface area contributed by atoms with Crippen LogP contribution in [-0.4, -0.2) is 15.3 Å². The summed E-state index contributed by atoms with van der Waals surface area (Å²) in [4.78, 5) is 0. The third-order valence-electron chi connectivity index (χ3n) is 1.92. The van der Waals surface area contributed by atoms with E-state index in [0.29, 0.717) is 16.9 Å². The molecular formula is C9H8FN3O. The van der Waals surface area contributed by atoms with E-state index >= 15 is 0 Å². The van der Waals surface area contributed by atoms with Gasteiger partial charge in [0.1, 0.15) is 17.4 Å². The lowest BCUT2D eigenvalue weighted by molar-refractivity contribution is 0.475. The Kier molecular flexibility index (Phi) is 1.85. The van der Waals surface area contributed by atoms with E-state index in [1.165, 1.54) is 24.4 Å². The highest BCUT2D eigenvalue weighted by atomic mass is 19.1. The van der Waals surface area contributed by atoms with Crippen LogP contribution < -0.4 is 5.73 Å². The van der Waals surface area contributed by atoms with Gasteiger partial charge in [-0.15, -0.1) is 0 Å². The molecular weight excluding hydrogens is 185 g/mol. The fraction of sp³-hybridized carbons (Fsp3) is 0. The quantitative estimate of drug-likeness (QED) is 0.642. The predicted octanol–water partition coefficient (Wildman–Crippen LogP) is 1.50. The number of nitrogens with zero attached hydrogens (tertiary/aromatic N) is 1. The number of aromatic hydroxyl groups is 1. The molecule has 2 rings (SSSR count). The Hall–Kier alpha value is -2.04. The molecule has 0 fully saturated rings. The van der Waals surface area contributed by atoms with Gasteiger partial charge in [0.2, 0.25) is 0 Å². The number of H-pyrrole nitrogens is 1. The number of hydrogen-bond acceptors (Lipinski definition) is 3. The van der Waals surface area contributed by atoms with Crippen molar-refractivity contribution in [1.29, 1.82) is 0 Å². The van der Waals surface area contributed by atoms with E-state index < -0.39 is 5.82 Å². The number of nitrogens with one attached hydrogen (secondary N) is 1. The molecule has 4 N–H and O–H groups in total. The molecule has 0 saturated carbocycles. The molecule has 2 aromatic rings. The van der Waals surface area contributed by atoms with Crippen molar-refractivity contribution >= 4 is 5.82 Å². The molecule has 5 heteroatoms. The molecule has 0 aliphatic heterocycles. The summed E-state index contributed by atoms with van der Waals surface area (Å²) in [5, 5.41) is 15.7. The Balaban J connectivity index is 2.62. The molecule has 0 amide bonds. The van der Waals surface area contributed by atoms with Crippen molar-refractivity contribution in [3.63, 3.8) is 0 Å². The number of aromatic nitrogens is 2. The van der Waals surface area contributed by atoms with Crippen molar-refractivity contribution < 1.29 is 9.50 Å². The number of rotatable bonds is 1. The second kappa shape index (κ2) is 3.02. The van der Waals surface area contributed by atoms with E-state index in [0.717, 1.165) is 0 Å². The largest absolute Gasteiger partial charge is 0.507 e. The highest BCUT2D eigenvalue weighted by Gasteiger charge is 2.10. The molecule has 1 aromatic heterocycles. The van der Waals surface area contributed by atoms with E-state index in [4.69, 9.17) is 5.73 Å². The lowest BCUT2D eigenvalue weighted by Gasteiger charge is -2.02. The minimum Gasteiger partial charge on any atom is -0.507 e. The van der Waals surface area contributed by atoms with Crippen LogP contribution in [0.3, 0.4) is 0 Å². The van der Waals surface area contributed by atoms with Crippen molar-refractivity contribution in [1.82, 2.24) is 10.2 Å². The lowest BCUT2D eigenvalue weighted by Crippen LogP contribution is -1.88. The van der Waals surface area contributed by atoms with Gasteiger partial charge >= 0.3 is 0 Å². The van der Waals surface area contributed by atoms with Crippen LogP contribution in [0.15, 0.2) is 24.4 Å². The molecule has 4 nitrogen and oxygen atoms in total. The number of benzene rings is 1. The van der Waals surface area contributed by atoms with E-state index in [9.17, 15) is 9.50 Å². The molecule has 72 valence electrons. The van der Waals surface area contributed by atoms with Gasteiger partial charge in [-0.3, -0.25) is 5.10 Å². The first-order chi connectivity index (χ1) is 6.68. The molecule has 0 aliphatic rings. The van der Waals surface area contributed by atoms with Crippen LogP contribution in [0.2, 0.25) is 0 Å². The number of nitrogens with two attached hydrogens (primary N) is 1. The average Bonchev–Trinajstić information content (AvgIpc) is 2.56. The smallest absolute Gasteiger partial charge is 0.126 e. The van der Waals surface area contributed by atoms with Crippen molar-refractivity contribution in [2.45, 2.75) is 0 Å². The minimum atomic E-state index is -0.432. The fourth-order valence-corrected chi connectivity index (χ4v) is 1.23. The van der Waals surface area contributed by atoms with Crippen LogP contribution in [0.25, 0.3) is 11.1 Å². The summed E-state index contributed by atoms with van der Waals surface area (Å²) in [6.07, 6.45) is 1.43. The van der Waals surface area contributed by atoms with Crippen LogP contribution in [0.4, 0.5) is 10.2 Å². The first-order valence-corrected chi connectivity index (χ1v) is 3.96. The number of nitrogen functional groups attached to an aromatic ring is 1. The second-order valence-corrected chi connectivity index (χ2v) is 2.86. The molecule has 14 heavy (non-hydrogen) atoms. The van der Waals surface area contributed by atoms with Crippen molar-refractivity contribution in [3.05, 3.63) is 30.2 Å². The first-order valence-electron chi connectivity index (χ1n) is 3.96. The molecule has 0 bridgehead atoms. The van der Waals surface area contributed by atoms with E-state index in [-0.39, 0.29) is 5.75 Å². The summed E-state index contributed by atoms with van der Waals surface area (Å²) in [5.41, 5.74) is 6.36. The topological polar surface area (TPSA) is 74.9 Å². The van der Waals surface area contributed by atoms with Crippen LogP contribution in [0.5, 0.6) is 5.75 Å². The monoisotopic (exact) mass is 193 g/mol. The number of anilines is 1. The molecule has 0 unspecified atom stereocenters. The van der Waals surface area contributed by atoms with Crippen molar-refractivity contribution in [2.75, 3.05) is 5.73 Å². The minimum absolute atomic E-state index is 0.0282. The molecule has 1 heterocycles. The Morgan fingerprint density at radius 1 is 1.36 bits per heavy atom. The Morgan fingerprint density at radius 3 is 2.79 bits per heavy atom. The Bertz CT molecular complexity index is 467. The normalized spacial score (nSPS) is 10.4. The second-order valence-electron chi connectivity index (χ2n) is 2.86. The van der Waals surface area contributed by atoms with Crippen LogP contribution in [0, 0.1) is 5.82 Å². The number of phenolic OH excluding ortho intramolecular Hbond substituents is 1.